The Balaban J connectivity index is 2.34. The van der Waals surface area contributed by atoms with Gasteiger partial charge in [-0.1, -0.05) is 12.1 Å². The van der Waals surface area contributed by atoms with Crippen LogP contribution in [-0.4, -0.2) is 5.91 Å². The molecule has 0 atom stereocenters. The molecule has 0 radical (unpaired) electrons. The Morgan fingerprint density at radius 3 is 2.32 bits per heavy atom. The Bertz CT molecular complexity index is 626. The van der Waals surface area contributed by atoms with E-state index in [9.17, 15) is 13.6 Å². The fourth-order valence-corrected chi connectivity index (χ4v) is 1.97. The monoisotopic (exact) mass is 326 g/mol. The van der Waals surface area contributed by atoms with Gasteiger partial charge in [-0.15, -0.1) is 0 Å². The van der Waals surface area contributed by atoms with E-state index in [4.69, 9.17) is 5.73 Å². The molecule has 3 nitrogen and oxygen atoms in total. The third-order valence-corrected chi connectivity index (χ3v) is 3.36. The Morgan fingerprint density at radius 1 is 1.11 bits per heavy atom. The van der Waals surface area contributed by atoms with E-state index in [1.807, 2.05) is 0 Å². The number of hydrogen-bond donors (Lipinski definition) is 2. The number of carbonyl (C=O) groups is 1. The summed E-state index contributed by atoms with van der Waals surface area (Å²) in [4.78, 5) is 12.0. The summed E-state index contributed by atoms with van der Waals surface area (Å²) in [5.74, 6) is -2.33. The van der Waals surface area contributed by atoms with E-state index in [1.165, 1.54) is 12.1 Å². The topological polar surface area (TPSA) is 55.1 Å². The average Bonchev–Trinajstić information content (AvgIpc) is 2.37. The number of nitrogens with one attached hydrogen (secondary N) is 1. The molecule has 2 aromatic carbocycles. The van der Waals surface area contributed by atoms with Gasteiger partial charge >= 0.3 is 0 Å². The molecular weight excluding hydrogens is 318 g/mol. The third kappa shape index (κ3) is 2.73. The molecule has 0 spiro atoms. The van der Waals surface area contributed by atoms with Crippen LogP contribution in [0.2, 0.25) is 0 Å². The molecular formula is C13H9BrF2N2O. The van der Waals surface area contributed by atoms with Crippen LogP contribution in [0.4, 0.5) is 20.2 Å². The highest BCUT2D eigenvalue weighted by Gasteiger charge is 2.16. The fraction of sp³-hybridized carbons (Fsp3) is 0. The number of rotatable bonds is 2. The smallest absolute Gasteiger partial charge is 0.257 e. The largest absolute Gasteiger partial charge is 0.398 e. The minimum Gasteiger partial charge on any atom is -0.398 e. The van der Waals surface area contributed by atoms with Gasteiger partial charge < -0.3 is 11.1 Å². The van der Waals surface area contributed by atoms with Crippen molar-refractivity contribution in [3.8, 4) is 0 Å². The van der Waals surface area contributed by atoms with Crippen LogP contribution in [0.3, 0.4) is 0 Å². The van der Waals surface area contributed by atoms with Gasteiger partial charge in [-0.05, 0) is 40.2 Å². The normalized spacial score (nSPS) is 10.3. The molecule has 0 unspecified atom stereocenters. The van der Waals surface area contributed by atoms with Crippen molar-refractivity contribution in [1.82, 2.24) is 0 Å². The highest BCUT2D eigenvalue weighted by molar-refractivity contribution is 9.10. The summed E-state index contributed by atoms with van der Waals surface area (Å²) in [7, 11) is 0. The van der Waals surface area contributed by atoms with Crippen molar-refractivity contribution in [2.24, 2.45) is 0 Å². The lowest BCUT2D eigenvalue weighted by Gasteiger charge is -2.09. The lowest BCUT2D eigenvalue weighted by Crippen LogP contribution is -2.15. The Morgan fingerprint density at radius 2 is 1.68 bits per heavy atom. The van der Waals surface area contributed by atoms with E-state index in [1.54, 1.807) is 12.1 Å². The SMILES string of the molecule is Nc1cccc(C(=O)Nc2c(F)cccc2F)c1Br. The molecule has 6 heteroatoms. The van der Waals surface area contributed by atoms with Crippen LogP contribution in [0.1, 0.15) is 10.4 Å². The highest BCUT2D eigenvalue weighted by atomic mass is 79.9. The molecule has 0 saturated carbocycles. The van der Waals surface area contributed by atoms with Gasteiger partial charge in [0.25, 0.3) is 5.91 Å². The number of carbonyl (C=O) groups excluding carboxylic acids is 1. The van der Waals surface area contributed by atoms with Gasteiger partial charge in [0.15, 0.2) is 0 Å². The molecule has 19 heavy (non-hydrogen) atoms. The second kappa shape index (κ2) is 5.36. The van der Waals surface area contributed by atoms with E-state index >= 15 is 0 Å². The first-order chi connectivity index (χ1) is 9.00. The first-order valence-electron chi connectivity index (χ1n) is 5.30. The number of para-hydroxylation sites is 1. The number of nitrogen functional groups attached to an aromatic ring is 1. The van der Waals surface area contributed by atoms with Crippen molar-refractivity contribution in [3.63, 3.8) is 0 Å². The Hall–Kier alpha value is -1.95. The molecule has 0 aliphatic heterocycles. The second-order valence-corrected chi connectivity index (χ2v) is 4.55. The average molecular weight is 327 g/mol. The molecule has 3 N–H and O–H groups in total. The van der Waals surface area contributed by atoms with Gasteiger partial charge in [-0.25, -0.2) is 8.78 Å². The van der Waals surface area contributed by atoms with Crippen LogP contribution >= 0.6 is 15.9 Å². The van der Waals surface area contributed by atoms with Crippen LogP contribution in [-0.2, 0) is 0 Å². The lowest BCUT2D eigenvalue weighted by atomic mass is 10.2. The second-order valence-electron chi connectivity index (χ2n) is 3.76. The first kappa shape index (κ1) is 13.5. The molecule has 1 amide bonds. The van der Waals surface area contributed by atoms with E-state index in [-0.39, 0.29) is 5.56 Å². The van der Waals surface area contributed by atoms with Gasteiger partial charge in [-0.3, -0.25) is 4.79 Å². The molecule has 0 bridgehead atoms. The maximum Gasteiger partial charge on any atom is 0.257 e. The standard InChI is InChI=1S/C13H9BrF2N2O/c14-11-7(3-1-6-10(11)17)13(19)18-12-8(15)4-2-5-9(12)16/h1-6H,17H2,(H,18,19). The van der Waals surface area contributed by atoms with Crippen LogP contribution in [0, 0.1) is 11.6 Å². The van der Waals surface area contributed by atoms with Crippen molar-refractivity contribution in [1.29, 1.82) is 0 Å². The van der Waals surface area contributed by atoms with E-state index in [0.29, 0.717) is 10.2 Å². The van der Waals surface area contributed by atoms with Gasteiger partial charge in [0.1, 0.15) is 17.3 Å². The van der Waals surface area contributed by atoms with Crippen LogP contribution in [0.5, 0.6) is 0 Å². The summed E-state index contributed by atoms with van der Waals surface area (Å²) in [6.07, 6.45) is 0. The summed E-state index contributed by atoms with van der Waals surface area (Å²) < 4.78 is 27.2. The molecule has 0 aromatic heterocycles. The van der Waals surface area contributed by atoms with Gasteiger partial charge in [-0.2, -0.15) is 0 Å². The zero-order chi connectivity index (χ0) is 14.0. The molecule has 2 aromatic rings. The van der Waals surface area contributed by atoms with Crippen LogP contribution < -0.4 is 11.1 Å². The summed E-state index contributed by atoms with van der Waals surface area (Å²) >= 11 is 3.16. The first-order valence-corrected chi connectivity index (χ1v) is 6.09. The zero-order valence-corrected chi connectivity index (χ0v) is 11.2. The lowest BCUT2D eigenvalue weighted by molar-refractivity contribution is 0.102. The number of anilines is 2. The summed E-state index contributed by atoms with van der Waals surface area (Å²) in [6.45, 7) is 0. The third-order valence-electron chi connectivity index (χ3n) is 2.47. The van der Waals surface area contributed by atoms with E-state index in [2.05, 4.69) is 21.2 Å². The number of nitrogens with two attached hydrogens (primary N) is 1. The predicted molar refractivity (Wildman–Crippen MR) is 72.9 cm³/mol. The fourth-order valence-electron chi connectivity index (χ4n) is 1.52. The van der Waals surface area contributed by atoms with Gasteiger partial charge in [0.05, 0.1) is 10.0 Å². The maximum absolute atomic E-state index is 13.4. The van der Waals surface area contributed by atoms with Gasteiger partial charge in [0.2, 0.25) is 0 Å². The minimum atomic E-state index is -0.839. The van der Waals surface area contributed by atoms with Crippen molar-refractivity contribution < 1.29 is 13.6 Å². The number of amides is 1. The number of hydrogen-bond acceptors (Lipinski definition) is 2. The molecule has 0 aliphatic rings. The van der Waals surface area contributed by atoms with E-state index in [0.717, 1.165) is 12.1 Å². The minimum absolute atomic E-state index is 0.197. The Labute approximate surface area is 116 Å². The van der Waals surface area contributed by atoms with Crippen LogP contribution in [0.15, 0.2) is 40.9 Å². The number of benzene rings is 2. The molecule has 0 aliphatic carbocycles. The van der Waals surface area contributed by atoms with Crippen molar-refractivity contribution in [2.75, 3.05) is 11.1 Å². The van der Waals surface area contributed by atoms with Crippen LogP contribution in [0.25, 0.3) is 0 Å². The van der Waals surface area contributed by atoms with E-state index < -0.39 is 23.2 Å². The highest BCUT2D eigenvalue weighted by Crippen LogP contribution is 2.25. The molecule has 98 valence electrons. The van der Waals surface area contributed by atoms with Crippen molar-refractivity contribution in [3.05, 3.63) is 58.1 Å². The Kier molecular flexibility index (Phi) is 3.80. The molecule has 0 saturated heterocycles. The molecule has 2 rings (SSSR count). The molecule has 0 heterocycles. The summed E-state index contributed by atoms with van der Waals surface area (Å²) in [5.41, 5.74) is 5.71. The maximum atomic E-state index is 13.4. The van der Waals surface area contributed by atoms with Crippen molar-refractivity contribution in [2.45, 2.75) is 0 Å². The van der Waals surface area contributed by atoms with Crippen molar-refractivity contribution >= 4 is 33.2 Å². The van der Waals surface area contributed by atoms with Gasteiger partial charge in [0, 0.05) is 5.69 Å². The predicted octanol–water partition coefficient (Wildman–Crippen LogP) is 3.56. The quantitative estimate of drug-likeness (QED) is 0.829. The summed E-state index contributed by atoms with van der Waals surface area (Å²) in [5, 5.41) is 2.19. The number of halogens is 3. The molecule has 0 fully saturated rings. The summed E-state index contributed by atoms with van der Waals surface area (Å²) in [6, 6.07) is 8.02. The zero-order valence-electron chi connectivity index (χ0n) is 9.58.